The molecule has 4 atom stereocenters. The van der Waals surface area contributed by atoms with E-state index in [9.17, 15) is 4.79 Å². The average Bonchev–Trinajstić information content (AvgIpc) is 2.76. The molecule has 0 radical (unpaired) electrons. The molecule has 3 nitrogen and oxygen atoms in total. The molecule has 1 aromatic carbocycles. The molecule has 0 aliphatic heterocycles. The van der Waals surface area contributed by atoms with Gasteiger partial charge in [0.15, 0.2) is 0 Å². The lowest BCUT2D eigenvalue weighted by molar-refractivity contribution is 0.0944. The van der Waals surface area contributed by atoms with Gasteiger partial charge in [-0.15, -0.1) is 0 Å². The Labute approximate surface area is 113 Å². The maximum absolute atomic E-state index is 12.3. The number of aryl methyl sites for hydroxylation is 1. The van der Waals surface area contributed by atoms with Crippen molar-refractivity contribution in [2.45, 2.75) is 32.2 Å². The summed E-state index contributed by atoms with van der Waals surface area (Å²) in [7, 11) is 0. The van der Waals surface area contributed by atoms with E-state index in [1.807, 2.05) is 19.1 Å². The first-order valence-corrected chi connectivity index (χ1v) is 7.31. The van der Waals surface area contributed by atoms with Gasteiger partial charge in [-0.2, -0.15) is 0 Å². The summed E-state index contributed by atoms with van der Waals surface area (Å²) in [5, 5.41) is 3.23. The van der Waals surface area contributed by atoms with Gasteiger partial charge in [-0.1, -0.05) is 0 Å². The van der Waals surface area contributed by atoms with Crippen LogP contribution in [0, 0.1) is 30.6 Å². The van der Waals surface area contributed by atoms with Gasteiger partial charge in [-0.25, -0.2) is 0 Å². The molecule has 0 spiro atoms. The molecular weight excluding hydrogens is 236 g/mol. The number of carbonyl (C=O) groups is 1. The van der Waals surface area contributed by atoms with Gasteiger partial charge in [-0.05, 0) is 73.6 Å². The Morgan fingerprint density at radius 2 is 1.89 bits per heavy atom. The molecule has 2 bridgehead atoms. The summed E-state index contributed by atoms with van der Waals surface area (Å²) in [4.78, 5) is 12.3. The van der Waals surface area contributed by atoms with Gasteiger partial charge < -0.3 is 11.1 Å². The second kappa shape index (κ2) is 3.75. The SMILES string of the molecule is Cc1cc(N)cc(C(=O)NC2C3C4CCC(C4)C23)c1. The van der Waals surface area contributed by atoms with Crippen LogP contribution in [0.5, 0.6) is 0 Å². The van der Waals surface area contributed by atoms with Crippen molar-refractivity contribution < 1.29 is 4.79 Å². The van der Waals surface area contributed by atoms with Crippen LogP contribution in [0.4, 0.5) is 5.69 Å². The number of anilines is 1. The first-order valence-electron chi connectivity index (χ1n) is 7.31. The number of fused-ring (bicyclic) bond motifs is 5. The maximum atomic E-state index is 12.3. The van der Waals surface area contributed by atoms with E-state index in [0.717, 1.165) is 29.2 Å². The molecule has 19 heavy (non-hydrogen) atoms. The van der Waals surface area contributed by atoms with E-state index in [2.05, 4.69) is 5.32 Å². The molecule has 100 valence electrons. The minimum absolute atomic E-state index is 0.0502. The van der Waals surface area contributed by atoms with Gasteiger partial charge in [0.25, 0.3) is 5.91 Å². The molecule has 4 rings (SSSR count). The number of hydrogen-bond donors (Lipinski definition) is 2. The molecule has 1 aromatic rings. The minimum Gasteiger partial charge on any atom is -0.399 e. The molecule has 1 amide bonds. The molecule has 0 heterocycles. The van der Waals surface area contributed by atoms with Crippen LogP contribution in [-0.2, 0) is 0 Å². The van der Waals surface area contributed by atoms with Crippen molar-refractivity contribution in [1.82, 2.24) is 5.32 Å². The zero-order valence-corrected chi connectivity index (χ0v) is 11.2. The standard InChI is InChI=1S/C16H20N2O/c1-8-4-11(7-12(17)5-8)16(19)18-15-13-9-2-3-10(6-9)14(13)15/h4-5,7,9-10,13-15H,2-3,6,17H2,1H3,(H,18,19). The second-order valence-corrected chi connectivity index (χ2v) is 6.62. The fourth-order valence-corrected chi connectivity index (χ4v) is 4.70. The number of rotatable bonds is 2. The van der Waals surface area contributed by atoms with Gasteiger partial charge in [0.05, 0.1) is 0 Å². The fourth-order valence-electron chi connectivity index (χ4n) is 4.70. The average molecular weight is 256 g/mol. The molecule has 3 saturated carbocycles. The number of hydrogen-bond acceptors (Lipinski definition) is 2. The molecular formula is C16H20N2O. The highest BCUT2D eigenvalue weighted by Crippen LogP contribution is 2.65. The van der Waals surface area contributed by atoms with E-state index in [0.29, 0.717) is 17.3 Å². The number of nitrogens with two attached hydrogens (primary N) is 1. The van der Waals surface area contributed by atoms with Crippen molar-refractivity contribution in [3.8, 4) is 0 Å². The zero-order valence-electron chi connectivity index (χ0n) is 11.2. The summed E-state index contributed by atoms with van der Waals surface area (Å²) in [6.07, 6.45) is 4.18. The lowest BCUT2D eigenvalue weighted by Crippen LogP contribution is -2.30. The molecule has 3 heteroatoms. The molecule has 3 fully saturated rings. The van der Waals surface area contributed by atoms with Gasteiger partial charge >= 0.3 is 0 Å². The number of nitrogen functional groups attached to an aromatic ring is 1. The van der Waals surface area contributed by atoms with Crippen molar-refractivity contribution in [3.63, 3.8) is 0 Å². The number of benzene rings is 1. The van der Waals surface area contributed by atoms with E-state index in [1.54, 1.807) is 6.07 Å². The summed E-state index contributed by atoms with van der Waals surface area (Å²) in [5.74, 6) is 3.40. The Balaban J connectivity index is 1.48. The molecule has 3 aliphatic carbocycles. The fraction of sp³-hybridized carbons (Fsp3) is 0.562. The lowest BCUT2D eigenvalue weighted by Gasteiger charge is -2.11. The molecule has 4 unspecified atom stereocenters. The van der Waals surface area contributed by atoms with Crippen LogP contribution in [0.25, 0.3) is 0 Å². The summed E-state index contributed by atoms with van der Waals surface area (Å²) in [5.41, 5.74) is 8.22. The normalized spacial score (nSPS) is 38.1. The quantitative estimate of drug-likeness (QED) is 0.798. The van der Waals surface area contributed by atoms with E-state index in [4.69, 9.17) is 5.73 Å². The van der Waals surface area contributed by atoms with Crippen LogP contribution in [0.15, 0.2) is 18.2 Å². The minimum atomic E-state index is 0.0502. The number of amides is 1. The summed E-state index contributed by atoms with van der Waals surface area (Å²) in [6, 6.07) is 6.02. The van der Waals surface area contributed by atoms with Gasteiger partial charge in [0, 0.05) is 17.3 Å². The molecule has 3 N–H and O–H groups in total. The third-order valence-electron chi connectivity index (χ3n) is 5.39. The Bertz CT molecular complexity index is 517. The van der Waals surface area contributed by atoms with Crippen molar-refractivity contribution >= 4 is 11.6 Å². The van der Waals surface area contributed by atoms with Crippen molar-refractivity contribution in [2.24, 2.45) is 23.7 Å². The highest BCUT2D eigenvalue weighted by molar-refractivity contribution is 5.95. The Kier molecular flexibility index (Phi) is 2.23. The predicted octanol–water partition coefficient (Wildman–Crippen LogP) is 2.35. The van der Waals surface area contributed by atoms with Crippen LogP contribution < -0.4 is 11.1 Å². The summed E-state index contributed by atoms with van der Waals surface area (Å²) >= 11 is 0. The molecule has 0 saturated heterocycles. The monoisotopic (exact) mass is 256 g/mol. The third-order valence-corrected chi connectivity index (χ3v) is 5.39. The van der Waals surface area contributed by atoms with Gasteiger partial charge in [-0.3, -0.25) is 4.79 Å². The van der Waals surface area contributed by atoms with E-state index in [1.165, 1.54) is 19.3 Å². The predicted molar refractivity (Wildman–Crippen MR) is 74.7 cm³/mol. The Morgan fingerprint density at radius 1 is 1.21 bits per heavy atom. The van der Waals surface area contributed by atoms with Gasteiger partial charge in [0.2, 0.25) is 0 Å². The lowest BCUT2D eigenvalue weighted by atomic mass is 10.0. The summed E-state index contributed by atoms with van der Waals surface area (Å²) in [6.45, 7) is 1.97. The van der Waals surface area contributed by atoms with Crippen molar-refractivity contribution in [2.75, 3.05) is 5.73 Å². The molecule has 3 aliphatic rings. The maximum Gasteiger partial charge on any atom is 0.251 e. The Morgan fingerprint density at radius 3 is 2.53 bits per heavy atom. The van der Waals surface area contributed by atoms with E-state index in [-0.39, 0.29) is 5.91 Å². The van der Waals surface area contributed by atoms with E-state index < -0.39 is 0 Å². The van der Waals surface area contributed by atoms with Crippen molar-refractivity contribution in [3.05, 3.63) is 29.3 Å². The first kappa shape index (κ1) is 11.3. The zero-order chi connectivity index (χ0) is 13.1. The van der Waals surface area contributed by atoms with Crippen LogP contribution in [0.1, 0.15) is 35.2 Å². The number of carbonyl (C=O) groups excluding carboxylic acids is 1. The van der Waals surface area contributed by atoms with Gasteiger partial charge in [0.1, 0.15) is 0 Å². The summed E-state index contributed by atoms with van der Waals surface area (Å²) < 4.78 is 0. The Hall–Kier alpha value is -1.51. The number of nitrogens with one attached hydrogen (secondary N) is 1. The van der Waals surface area contributed by atoms with E-state index >= 15 is 0 Å². The van der Waals surface area contributed by atoms with Crippen LogP contribution >= 0.6 is 0 Å². The van der Waals surface area contributed by atoms with Crippen molar-refractivity contribution in [1.29, 1.82) is 0 Å². The topological polar surface area (TPSA) is 55.1 Å². The van der Waals surface area contributed by atoms with Crippen LogP contribution in [0.3, 0.4) is 0 Å². The highest BCUT2D eigenvalue weighted by atomic mass is 16.1. The smallest absolute Gasteiger partial charge is 0.251 e. The highest BCUT2D eigenvalue weighted by Gasteiger charge is 2.65. The van der Waals surface area contributed by atoms with Crippen LogP contribution in [-0.4, -0.2) is 11.9 Å². The first-order chi connectivity index (χ1) is 9.13. The third kappa shape index (κ3) is 1.67. The van der Waals surface area contributed by atoms with Crippen LogP contribution in [0.2, 0.25) is 0 Å². The second-order valence-electron chi connectivity index (χ2n) is 6.62. The molecule has 0 aromatic heterocycles. The largest absolute Gasteiger partial charge is 0.399 e.